The zero-order chi connectivity index (χ0) is 9.64. The van der Waals surface area contributed by atoms with Crippen molar-refractivity contribution in [1.29, 1.82) is 0 Å². The zero-order valence-corrected chi connectivity index (χ0v) is 7.86. The molecular weight excluding hydrogens is 168 g/mol. The Kier molecular flexibility index (Phi) is 1.83. The molecule has 2 heterocycles. The first kappa shape index (κ1) is 8.93. The summed E-state index contributed by atoms with van der Waals surface area (Å²) < 4.78 is 0. The van der Waals surface area contributed by atoms with Gasteiger partial charge in [0.15, 0.2) is 0 Å². The van der Waals surface area contributed by atoms with E-state index in [0.29, 0.717) is 12.6 Å². The van der Waals surface area contributed by atoms with Gasteiger partial charge in [-0.2, -0.15) is 0 Å². The summed E-state index contributed by atoms with van der Waals surface area (Å²) in [5.74, 6) is 0.100. The first-order valence-corrected chi connectivity index (χ1v) is 4.54. The summed E-state index contributed by atoms with van der Waals surface area (Å²) in [5.41, 5.74) is 10.6. The third kappa shape index (κ3) is 1.54. The van der Waals surface area contributed by atoms with Crippen LogP contribution in [0.4, 0.5) is 0 Å². The number of hydrogen-bond acceptors (Lipinski definition) is 4. The predicted octanol–water partition coefficient (Wildman–Crippen LogP) is -1.85. The van der Waals surface area contributed by atoms with E-state index in [0.717, 1.165) is 13.1 Å². The lowest BCUT2D eigenvalue weighted by Crippen LogP contribution is -2.60. The van der Waals surface area contributed by atoms with Gasteiger partial charge in [0.1, 0.15) is 0 Å². The van der Waals surface area contributed by atoms with Gasteiger partial charge in [0.25, 0.3) is 0 Å². The summed E-state index contributed by atoms with van der Waals surface area (Å²) in [7, 11) is 2.04. The fourth-order valence-corrected chi connectivity index (χ4v) is 2.04. The maximum absolute atomic E-state index is 11.5. The lowest BCUT2D eigenvalue weighted by atomic mass is 10.1. The normalized spacial score (nSPS) is 29.5. The number of likely N-dealkylation sites (tertiary alicyclic amines) is 2. The average Bonchev–Trinajstić information content (AvgIpc) is 2.18. The maximum atomic E-state index is 11.5. The minimum atomic E-state index is -0.800. The first-order chi connectivity index (χ1) is 5.98. The molecule has 0 atom stereocenters. The largest absolute Gasteiger partial charge is 0.334 e. The Hall–Kier alpha value is -0.650. The highest BCUT2D eigenvalue weighted by molar-refractivity contribution is 5.80. The monoisotopic (exact) mass is 184 g/mol. The molecule has 2 fully saturated rings. The minimum Gasteiger partial charge on any atom is -0.334 e. The minimum absolute atomic E-state index is 0.100. The zero-order valence-electron chi connectivity index (χ0n) is 7.86. The molecule has 0 aromatic carbocycles. The summed E-state index contributed by atoms with van der Waals surface area (Å²) in [5, 5.41) is 0. The van der Waals surface area contributed by atoms with Gasteiger partial charge >= 0.3 is 0 Å². The van der Waals surface area contributed by atoms with Gasteiger partial charge in [-0.15, -0.1) is 0 Å². The van der Waals surface area contributed by atoms with Crippen LogP contribution in [0.5, 0.6) is 0 Å². The van der Waals surface area contributed by atoms with E-state index < -0.39 is 5.66 Å². The standard InChI is InChI=1S/C8H16N4O/c1-11-3-6(4-11)12-5-8(9,10)2-7(12)13/h6H,2-5,9-10H2,1H3. The molecule has 4 N–H and O–H groups in total. The molecule has 2 rings (SSSR count). The molecule has 0 aromatic heterocycles. The second kappa shape index (κ2) is 2.67. The summed E-state index contributed by atoms with van der Waals surface area (Å²) >= 11 is 0. The van der Waals surface area contributed by atoms with Crippen LogP contribution >= 0.6 is 0 Å². The molecule has 0 aliphatic carbocycles. The number of rotatable bonds is 1. The van der Waals surface area contributed by atoms with Crippen LogP contribution in [0.1, 0.15) is 6.42 Å². The molecule has 74 valence electrons. The van der Waals surface area contributed by atoms with Crippen molar-refractivity contribution in [3.8, 4) is 0 Å². The Bertz CT molecular complexity index is 234. The quantitative estimate of drug-likeness (QED) is 0.469. The van der Waals surface area contributed by atoms with E-state index in [1.54, 1.807) is 0 Å². The number of likely N-dealkylation sites (N-methyl/N-ethyl adjacent to an activating group) is 1. The molecule has 0 unspecified atom stereocenters. The molecule has 0 spiro atoms. The van der Waals surface area contributed by atoms with Gasteiger partial charge in [-0.25, -0.2) is 0 Å². The highest BCUT2D eigenvalue weighted by Crippen LogP contribution is 2.22. The fourth-order valence-electron chi connectivity index (χ4n) is 2.04. The number of hydrogen-bond donors (Lipinski definition) is 2. The van der Waals surface area contributed by atoms with Crippen molar-refractivity contribution in [1.82, 2.24) is 9.80 Å². The summed E-state index contributed by atoms with van der Waals surface area (Å²) in [6, 6.07) is 0.339. The van der Waals surface area contributed by atoms with Crippen molar-refractivity contribution in [3.05, 3.63) is 0 Å². The van der Waals surface area contributed by atoms with E-state index >= 15 is 0 Å². The molecule has 0 saturated carbocycles. The van der Waals surface area contributed by atoms with Crippen molar-refractivity contribution in [2.24, 2.45) is 11.5 Å². The highest BCUT2D eigenvalue weighted by Gasteiger charge is 2.43. The van der Waals surface area contributed by atoms with Gasteiger partial charge in [-0.1, -0.05) is 0 Å². The van der Waals surface area contributed by atoms with Gasteiger partial charge < -0.3 is 21.3 Å². The molecule has 5 nitrogen and oxygen atoms in total. The van der Waals surface area contributed by atoms with Crippen molar-refractivity contribution < 1.29 is 4.79 Å². The molecule has 13 heavy (non-hydrogen) atoms. The molecule has 5 heteroatoms. The lowest BCUT2D eigenvalue weighted by molar-refractivity contribution is -0.132. The molecule has 1 amide bonds. The van der Waals surface area contributed by atoms with Crippen molar-refractivity contribution in [2.45, 2.75) is 18.1 Å². The average molecular weight is 184 g/mol. The van der Waals surface area contributed by atoms with Crippen molar-refractivity contribution >= 4 is 5.91 Å². The van der Waals surface area contributed by atoms with E-state index in [2.05, 4.69) is 4.90 Å². The summed E-state index contributed by atoms with van der Waals surface area (Å²) in [4.78, 5) is 15.5. The Morgan fingerprint density at radius 2 is 2.08 bits per heavy atom. The van der Waals surface area contributed by atoms with Crippen LogP contribution in [0.15, 0.2) is 0 Å². The third-order valence-electron chi connectivity index (χ3n) is 2.75. The maximum Gasteiger partial charge on any atom is 0.226 e. The molecular formula is C8H16N4O. The van der Waals surface area contributed by atoms with Crippen molar-refractivity contribution in [3.63, 3.8) is 0 Å². The Labute approximate surface area is 77.6 Å². The van der Waals surface area contributed by atoms with Gasteiger partial charge in [-0.05, 0) is 7.05 Å². The Morgan fingerprint density at radius 3 is 2.46 bits per heavy atom. The van der Waals surface area contributed by atoms with E-state index in [1.165, 1.54) is 0 Å². The predicted molar refractivity (Wildman–Crippen MR) is 48.7 cm³/mol. The fraction of sp³-hybridized carbons (Fsp3) is 0.875. The number of amides is 1. The van der Waals surface area contributed by atoms with E-state index in [1.807, 2.05) is 11.9 Å². The molecule has 2 saturated heterocycles. The SMILES string of the molecule is CN1CC(N2CC(N)(N)CC2=O)C1. The highest BCUT2D eigenvalue weighted by atomic mass is 16.2. The Morgan fingerprint density at radius 1 is 1.46 bits per heavy atom. The molecule has 0 radical (unpaired) electrons. The number of nitrogens with two attached hydrogens (primary N) is 2. The van der Waals surface area contributed by atoms with Crippen LogP contribution in [-0.4, -0.2) is 54.1 Å². The van der Waals surface area contributed by atoms with Gasteiger partial charge in [0.2, 0.25) is 5.91 Å². The number of carbonyl (C=O) groups excluding carboxylic acids is 1. The second-order valence-electron chi connectivity index (χ2n) is 4.31. The van der Waals surface area contributed by atoms with E-state index in [9.17, 15) is 4.79 Å². The van der Waals surface area contributed by atoms with Gasteiger partial charge in [0, 0.05) is 13.1 Å². The Balaban J connectivity index is 1.98. The molecule has 0 bridgehead atoms. The lowest BCUT2D eigenvalue weighted by Gasteiger charge is -2.42. The third-order valence-corrected chi connectivity index (χ3v) is 2.75. The van der Waals surface area contributed by atoms with Crippen LogP contribution < -0.4 is 11.5 Å². The van der Waals surface area contributed by atoms with E-state index in [-0.39, 0.29) is 12.3 Å². The van der Waals surface area contributed by atoms with Crippen LogP contribution in [-0.2, 0) is 4.79 Å². The van der Waals surface area contributed by atoms with E-state index in [4.69, 9.17) is 11.5 Å². The van der Waals surface area contributed by atoms with Crippen LogP contribution in [0.2, 0.25) is 0 Å². The smallest absolute Gasteiger partial charge is 0.226 e. The van der Waals surface area contributed by atoms with Gasteiger partial charge in [-0.3, -0.25) is 4.79 Å². The molecule has 2 aliphatic rings. The topological polar surface area (TPSA) is 75.6 Å². The summed E-state index contributed by atoms with van der Waals surface area (Å²) in [6.07, 6.45) is 0.285. The molecule has 0 aromatic rings. The first-order valence-electron chi connectivity index (χ1n) is 4.54. The number of nitrogens with zero attached hydrogens (tertiary/aromatic N) is 2. The number of carbonyl (C=O) groups is 1. The molecule has 2 aliphatic heterocycles. The van der Waals surface area contributed by atoms with Gasteiger partial charge in [0.05, 0.1) is 24.7 Å². The summed E-state index contributed by atoms with van der Waals surface area (Å²) in [6.45, 7) is 2.40. The van der Waals surface area contributed by atoms with Crippen molar-refractivity contribution in [2.75, 3.05) is 26.7 Å². The second-order valence-corrected chi connectivity index (χ2v) is 4.31. The van der Waals surface area contributed by atoms with Crippen LogP contribution in [0.3, 0.4) is 0 Å². The van der Waals surface area contributed by atoms with Crippen LogP contribution in [0.25, 0.3) is 0 Å². The van der Waals surface area contributed by atoms with Crippen LogP contribution in [0, 0.1) is 0 Å².